The molecule has 31 heavy (non-hydrogen) atoms. The zero-order chi connectivity index (χ0) is 21.8. The molecule has 3 heterocycles. The number of rotatable bonds is 8. The summed E-state index contributed by atoms with van der Waals surface area (Å²) in [6, 6.07) is 9.59. The average molecular weight is 428 g/mol. The van der Waals surface area contributed by atoms with E-state index < -0.39 is 18.5 Å². The van der Waals surface area contributed by atoms with Crippen LogP contribution in [-0.2, 0) is 6.54 Å². The van der Waals surface area contributed by atoms with Crippen LogP contribution in [0.3, 0.4) is 0 Å². The number of hydrogen-bond acceptors (Lipinski definition) is 8. The van der Waals surface area contributed by atoms with Gasteiger partial charge in [0.15, 0.2) is 17.5 Å². The van der Waals surface area contributed by atoms with E-state index in [1.54, 1.807) is 30.3 Å². The quantitative estimate of drug-likeness (QED) is 0.390. The summed E-state index contributed by atoms with van der Waals surface area (Å²) in [6.45, 7) is -0.465. The van der Waals surface area contributed by atoms with Crippen LogP contribution in [0.25, 0.3) is 22.9 Å². The minimum Gasteiger partial charge on any atom is -0.394 e. The highest BCUT2D eigenvalue weighted by molar-refractivity contribution is 5.63. The second-order valence-corrected chi connectivity index (χ2v) is 6.66. The van der Waals surface area contributed by atoms with Crippen molar-refractivity contribution < 1.29 is 23.5 Å². The number of nitrogens with one attached hydrogen (secondary N) is 1. The van der Waals surface area contributed by atoms with Crippen molar-refractivity contribution in [3.63, 3.8) is 0 Å². The molecule has 9 nitrogen and oxygen atoms in total. The van der Waals surface area contributed by atoms with Crippen LogP contribution in [0.1, 0.15) is 5.56 Å². The molecule has 0 saturated heterocycles. The second-order valence-electron chi connectivity index (χ2n) is 6.66. The van der Waals surface area contributed by atoms with Gasteiger partial charge in [-0.2, -0.15) is 5.10 Å². The Morgan fingerprint density at radius 3 is 2.71 bits per heavy atom. The number of anilines is 1. The summed E-state index contributed by atoms with van der Waals surface area (Å²) < 4.78 is 34.7. The van der Waals surface area contributed by atoms with E-state index in [0.717, 1.165) is 6.20 Å². The van der Waals surface area contributed by atoms with Crippen LogP contribution in [0.15, 0.2) is 53.4 Å². The third-order valence-corrected chi connectivity index (χ3v) is 4.45. The van der Waals surface area contributed by atoms with Gasteiger partial charge in [-0.15, -0.1) is 0 Å². The Morgan fingerprint density at radius 1 is 1.13 bits per heavy atom. The first kappa shape index (κ1) is 20.6. The molecular weight excluding hydrogens is 410 g/mol. The van der Waals surface area contributed by atoms with Gasteiger partial charge in [-0.25, -0.2) is 18.7 Å². The minimum atomic E-state index is -1.07. The van der Waals surface area contributed by atoms with Gasteiger partial charge in [0.1, 0.15) is 23.5 Å². The largest absolute Gasteiger partial charge is 0.394 e. The number of nitrogens with zero attached hydrogens (tertiary/aromatic N) is 5. The van der Waals surface area contributed by atoms with Crippen LogP contribution in [0.4, 0.5) is 14.6 Å². The smallest absolute Gasteiger partial charge is 0.183 e. The highest BCUT2D eigenvalue weighted by Gasteiger charge is 2.18. The van der Waals surface area contributed by atoms with Crippen molar-refractivity contribution in [1.82, 2.24) is 24.9 Å². The van der Waals surface area contributed by atoms with E-state index in [1.165, 1.54) is 17.0 Å². The maximum atomic E-state index is 14.2. The summed E-state index contributed by atoms with van der Waals surface area (Å²) in [7, 11) is 0. The van der Waals surface area contributed by atoms with E-state index in [-0.39, 0.29) is 30.5 Å². The van der Waals surface area contributed by atoms with Crippen molar-refractivity contribution in [2.45, 2.75) is 12.6 Å². The molecule has 3 aromatic heterocycles. The zero-order valence-corrected chi connectivity index (χ0v) is 16.1. The van der Waals surface area contributed by atoms with E-state index in [9.17, 15) is 13.9 Å². The van der Waals surface area contributed by atoms with Gasteiger partial charge in [0.05, 0.1) is 31.1 Å². The molecule has 0 aliphatic rings. The molecule has 0 amide bonds. The van der Waals surface area contributed by atoms with Gasteiger partial charge in [0, 0.05) is 18.2 Å². The molecule has 1 atom stereocenters. The van der Waals surface area contributed by atoms with E-state index in [0.29, 0.717) is 22.6 Å². The van der Waals surface area contributed by atoms with Gasteiger partial charge in [0.2, 0.25) is 0 Å². The first-order valence-electron chi connectivity index (χ1n) is 9.33. The number of aliphatic hydroxyl groups excluding tert-OH is 2. The summed E-state index contributed by atoms with van der Waals surface area (Å²) in [4.78, 5) is 8.11. The van der Waals surface area contributed by atoms with Crippen molar-refractivity contribution in [2.24, 2.45) is 0 Å². The Balaban J connectivity index is 1.70. The van der Waals surface area contributed by atoms with Gasteiger partial charge < -0.3 is 20.1 Å². The Morgan fingerprint density at radius 2 is 1.97 bits per heavy atom. The number of aliphatic hydroxyl groups is 2. The lowest BCUT2D eigenvalue weighted by Gasteiger charge is -2.10. The molecule has 3 N–H and O–H groups in total. The van der Waals surface area contributed by atoms with E-state index >= 15 is 0 Å². The lowest BCUT2D eigenvalue weighted by atomic mass is 10.2. The predicted molar refractivity (Wildman–Crippen MR) is 106 cm³/mol. The van der Waals surface area contributed by atoms with Crippen molar-refractivity contribution >= 4 is 5.82 Å². The van der Waals surface area contributed by atoms with E-state index in [4.69, 9.17) is 9.63 Å². The van der Waals surface area contributed by atoms with Crippen LogP contribution in [0.2, 0.25) is 0 Å². The van der Waals surface area contributed by atoms with Crippen LogP contribution >= 0.6 is 0 Å². The second kappa shape index (κ2) is 8.98. The minimum absolute atomic E-state index is 0.101. The highest BCUT2D eigenvalue weighted by atomic mass is 19.1. The SMILES string of the molecule is OC[C@@H](O)CNc1nc(-c2cc(-c3ccon3)n(Cc3ccccc3F)n2)ncc1F. The molecule has 4 rings (SSSR count). The van der Waals surface area contributed by atoms with Gasteiger partial charge in [-0.05, 0) is 12.1 Å². The molecule has 1 aromatic carbocycles. The fourth-order valence-electron chi connectivity index (χ4n) is 2.88. The Kier molecular flexibility index (Phi) is 5.96. The molecule has 0 radical (unpaired) electrons. The molecule has 0 bridgehead atoms. The first-order chi connectivity index (χ1) is 15.0. The molecular formula is C20H18F2N6O3. The van der Waals surface area contributed by atoms with Gasteiger partial charge in [-0.3, -0.25) is 4.68 Å². The summed E-state index contributed by atoms with van der Waals surface area (Å²) in [5.41, 5.74) is 1.73. The lowest BCUT2D eigenvalue weighted by Crippen LogP contribution is -2.24. The standard InChI is InChI=1S/C20H18F2N6O3/c21-14-4-2-1-3-12(14)10-28-18(16-5-6-31-27-16)7-17(26-28)20-24-9-15(22)19(25-20)23-8-13(30)11-29/h1-7,9,13,29-30H,8,10-11H2,(H,23,24,25)/t13-/m0/s1. The molecule has 0 aliphatic carbocycles. The average Bonchev–Trinajstić information content (AvgIpc) is 3.44. The summed E-state index contributed by atoms with van der Waals surface area (Å²) in [6.07, 6.45) is 1.30. The number of aromatic nitrogens is 5. The molecule has 0 spiro atoms. The third-order valence-electron chi connectivity index (χ3n) is 4.45. The number of halogens is 2. The first-order valence-corrected chi connectivity index (χ1v) is 9.33. The molecule has 160 valence electrons. The summed E-state index contributed by atoms with van der Waals surface area (Å²) in [5.74, 6) is -1.14. The molecule has 0 unspecified atom stereocenters. The topological polar surface area (TPSA) is 122 Å². The van der Waals surface area contributed by atoms with Crippen LogP contribution in [-0.4, -0.2) is 54.4 Å². The normalized spacial score (nSPS) is 12.1. The van der Waals surface area contributed by atoms with Crippen LogP contribution < -0.4 is 5.32 Å². The van der Waals surface area contributed by atoms with Crippen molar-refractivity contribution in [2.75, 3.05) is 18.5 Å². The maximum Gasteiger partial charge on any atom is 0.183 e. The molecule has 4 aromatic rings. The molecule has 0 aliphatic heterocycles. The molecule has 0 saturated carbocycles. The van der Waals surface area contributed by atoms with Gasteiger partial charge in [-0.1, -0.05) is 23.4 Å². The highest BCUT2D eigenvalue weighted by Crippen LogP contribution is 2.25. The lowest BCUT2D eigenvalue weighted by molar-refractivity contribution is 0.105. The van der Waals surface area contributed by atoms with Crippen molar-refractivity contribution in [3.05, 3.63) is 66.1 Å². The van der Waals surface area contributed by atoms with Gasteiger partial charge >= 0.3 is 0 Å². The van der Waals surface area contributed by atoms with Crippen molar-refractivity contribution in [3.8, 4) is 22.9 Å². The maximum absolute atomic E-state index is 14.2. The monoisotopic (exact) mass is 428 g/mol. The predicted octanol–water partition coefficient (Wildman–Crippen LogP) is 2.09. The zero-order valence-electron chi connectivity index (χ0n) is 16.1. The van der Waals surface area contributed by atoms with Crippen LogP contribution in [0, 0.1) is 11.6 Å². The Bertz CT molecular complexity index is 1170. The fraction of sp³-hybridized carbons (Fsp3) is 0.200. The molecule has 0 fully saturated rings. The van der Waals surface area contributed by atoms with Crippen LogP contribution in [0.5, 0.6) is 0 Å². The number of benzene rings is 1. The van der Waals surface area contributed by atoms with E-state index in [2.05, 4.69) is 25.5 Å². The summed E-state index contributed by atoms with van der Waals surface area (Å²) >= 11 is 0. The van der Waals surface area contributed by atoms with E-state index in [1.807, 2.05) is 0 Å². The third kappa shape index (κ3) is 4.57. The summed E-state index contributed by atoms with van der Waals surface area (Å²) in [5, 5.41) is 29.4. The molecule has 11 heteroatoms. The van der Waals surface area contributed by atoms with Gasteiger partial charge in [0.25, 0.3) is 0 Å². The Labute approximate surface area is 175 Å². The number of hydrogen-bond donors (Lipinski definition) is 3. The Hall–Kier alpha value is -3.70. The fourth-order valence-corrected chi connectivity index (χ4v) is 2.88. The van der Waals surface area contributed by atoms with Crippen molar-refractivity contribution in [1.29, 1.82) is 0 Å².